The second kappa shape index (κ2) is 4.97. The monoisotopic (exact) mass is 213 g/mol. The van der Waals surface area contributed by atoms with Crippen LogP contribution in [0.25, 0.3) is 0 Å². The zero-order valence-corrected chi connectivity index (χ0v) is 7.78. The van der Waals surface area contributed by atoms with E-state index in [0.29, 0.717) is 5.69 Å². The number of hydrogen-bond donors (Lipinski definition) is 2. The third-order valence-corrected chi connectivity index (χ3v) is 1.56. The molecule has 2 N–H and O–H groups in total. The SMILES string of the molecule is O=C(N=S(=O)=O)NNc1ccccc1. The third-order valence-electron chi connectivity index (χ3n) is 1.25. The number of anilines is 1. The van der Waals surface area contributed by atoms with Crippen LogP contribution in [0.1, 0.15) is 0 Å². The molecule has 0 bridgehead atoms. The van der Waals surface area contributed by atoms with Gasteiger partial charge in [0.05, 0.1) is 5.69 Å². The third kappa shape index (κ3) is 3.68. The Kier molecular flexibility index (Phi) is 3.62. The van der Waals surface area contributed by atoms with Gasteiger partial charge in [0.1, 0.15) is 0 Å². The summed E-state index contributed by atoms with van der Waals surface area (Å²) in [7, 11) is -2.73. The molecule has 0 fully saturated rings. The van der Waals surface area contributed by atoms with Crippen molar-refractivity contribution in [2.45, 2.75) is 0 Å². The maximum atomic E-state index is 10.7. The van der Waals surface area contributed by atoms with Crippen LogP contribution in [0.15, 0.2) is 34.7 Å². The van der Waals surface area contributed by atoms with E-state index in [9.17, 15) is 13.2 Å². The van der Waals surface area contributed by atoms with Gasteiger partial charge in [0, 0.05) is 0 Å². The summed E-state index contributed by atoms with van der Waals surface area (Å²) in [5.41, 5.74) is 5.20. The van der Waals surface area contributed by atoms with Crippen LogP contribution in [0.4, 0.5) is 10.5 Å². The number of amides is 2. The molecule has 0 saturated carbocycles. The molecule has 6 nitrogen and oxygen atoms in total. The van der Waals surface area contributed by atoms with E-state index < -0.39 is 16.5 Å². The highest BCUT2D eigenvalue weighted by atomic mass is 32.2. The van der Waals surface area contributed by atoms with E-state index in [2.05, 4.69) is 15.2 Å². The lowest BCUT2D eigenvalue weighted by atomic mass is 10.3. The number of rotatable bonds is 2. The van der Waals surface area contributed by atoms with Crippen LogP contribution in [-0.4, -0.2) is 14.4 Å². The zero-order chi connectivity index (χ0) is 10.4. The molecule has 0 radical (unpaired) electrons. The number of carbonyl (C=O) groups is 1. The Bertz CT molecular complexity index is 433. The second-order valence-electron chi connectivity index (χ2n) is 2.23. The zero-order valence-electron chi connectivity index (χ0n) is 6.97. The molecule has 0 aromatic heterocycles. The van der Waals surface area contributed by atoms with Crippen molar-refractivity contribution < 1.29 is 13.2 Å². The summed E-state index contributed by atoms with van der Waals surface area (Å²) < 4.78 is 22.6. The first-order chi connectivity index (χ1) is 6.68. The highest BCUT2D eigenvalue weighted by molar-refractivity contribution is 7.62. The molecular formula is C7H7N3O3S. The van der Waals surface area contributed by atoms with Gasteiger partial charge < -0.3 is 0 Å². The molecule has 7 heteroatoms. The minimum absolute atomic E-state index is 0.632. The summed E-state index contributed by atoms with van der Waals surface area (Å²) >= 11 is 0. The number of benzene rings is 1. The number of para-hydroxylation sites is 1. The fourth-order valence-corrected chi connectivity index (χ4v) is 0.919. The minimum Gasteiger partial charge on any atom is -0.297 e. The average Bonchev–Trinajstić information content (AvgIpc) is 2.15. The van der Waals surface area contributed by atoms with Crippen molar-refractivity contribution in [3.05, 3.63) is 30.3 Å². The fraction of sp³-hybridized carbons (Fsp3) is 0. The molecular weight excluding hydrogens is 206 g/mol. The van der Waals surface area contributed by atoms with Crippen molar-refractivity contribution >= 4 is 22.2 Å². The fourth-order valence-electron chi connectivity index (χ4n) is 0.738. The Labute approximate surface area is 81.6 Å². The van der Waals surface area contributed by atoms with E-state index in [4.69, 9.17) is 0 Å². The first kappa shape index (κ1) is 10.2. The Hall–Kier alpha value is -1.89. The van der Waals surface area contributed by atoms with Gasteiger partial charge in [0.15, 0.2) is 0 Å². The van der Waals surface area contributed by atoms with Crippen molar-refractivity contribution in [3.8, 4) is 0 Å². The quantitative estimate of drug-likeness (QED) is 0.711. The molecule has 2 amide bonds. The lowest BCUT2D eigenvalue weighted by Gasteiger charge is -2.03. The van der Waals surface area contributed by atoms with Crippen molar-refractivity contribution in [2.24, 2.45) is 4.36 Å². The van der Waals surface area contributed by atoms with Crippen LogP contribution in [-0.2, 0) is 10.5 Å². The van der Waals surface area contributed by atoms with Gasteiger partial charge in [0.25, 0.3) is 0 Å². The van der Waals surface area contributed by atoms with Gasteiger partial charge in [-0.15, -0.1) is 0 Å². The van der Waals surface area contributed by atoms with Crippen molar-refractivity contribution in [1.29, 1.82) is 0 Å². The Morgan fingerprint density at radius 1 is 1.21 bits per heavy atom. The Balaban J connectivity index is 2.50. The van der Waals surface area contributed by atoms with Gasteiger partial charge in [0.2, 0.25) is 0 Å². The average molecular weight is 213 g/mol. The molecule has 0 heterocycles. The van der Waals surface area contributed by atoms with Crippen LogP contribution in [0.3, 0.4) is 0 Å². The van der Waals surface area contributed by atoms with Crippen LogP contribution in [0.2, 0.25) is 0 Å². The molecule has 14 heavy (non-hydrogen) atoms. The molecule has 0 aliphatic heterocycles. The van der Waals surface area contributed by atoms with E-state index in [-0.39, 0.29) is 0 Å². The normalized spacial score (nSPS) is 8.86. The maximum absolute atomic E-state index is 10.7. The predicted molar refractivity (Wildman–Crippen MR) is 49.9 cm³/mol. The molecule has 1 rings (SSSR count). The number of nitrogens with one attached hydrogen (secondary N) is 2. The Morgan fingerprint density at radius 3 is 2.43 bits per heavy atom. The van der Waals surface area contributed by atoms with E-state index >= 15 is 0 Å². The molecule has 0 spiro atoms. The summed E-state index contributed by atoms with van der Waals surface area (Å²) in [6, 6.07) is 7.77. The topological polar surface area (TPSA) is 87.6 Å². The standard InChI is InChI=1S/C7H7N3O3S/c11-7(10-14(12)13)9-8-6-4-2-1-3-5-6/h1-5,8H,(H,9,11). The molecule has 0 aliphatic carbocycles. The van der Waals surface area contributed by atoms with Gasteiger partial charge in [-0.25, -0.2) is 10.2 Å². The first-order valence-corrected chi connectivity index (χ1v) is 4.64. The first-order valence-electron chi connectivity index (χ1n) is 3.60. The predicted octanol–water partition coefficient (Wildman–Crippen LogP) is 0.786. The van der Waals surface area contributed by atoms with Gasteiger partial charge >= 0.3 is 16.5 Å². The molecule has 0 unspecified atom stereocenters. The van der Waals surface area contributed by atoms with E-state index in [0.717, 1.165) is 0 Å². The summed E-state index contributed by atoms with van der Waals surface area (Å²) in [6.07, 6.45) is 0. The number of nitrogens with zero attached hydrogens (tertiary/aromatic N) is 1. The molecule has 0 saturated heterocycles. The van der Waals surface area contributed by atoms with Crippen LogP contribution in [0.5, 0.6) is 0 Å². The molecule has 74 valence electrons. The van der Waals surface area contributed by atoms with Crippen LogP contribution < -0.4 is 10.9 Å². The van der Waals surface area contributed by atoms with Gasteiger partial charge in [-0.2, -0.15) is 8.42 Å². The summed E-state index contributed by atoms with van der Waals surface area (Å²) in [4.78, 5) is 10.7. The smallest absolute Gasteiger partial charge is 0.297 e. The highest BCUT2D eigenvalue weighted by Crippen LogP contribution is 2.02. The lowest BCUT2D eigenvalue weighted by Crippen LogP contribution is -2.26. The summed E-state index contributed by atoms with van der Waals surface area (Å²) in [6.45, 7) is 0. The van der Waals surface area contributed by atoms with Crippen molar-refractivity contribution in [2.75, 3.05) is 5.43 Å². The van der Waals surface area contributed by atoms with E-state index in [1.54, 1.807) is 24.3 Å². The lowest BCUT2D eigenvalue weighted by molar-refractivity contribution is 0.251. The van der Waals surface area contributed by atoms with Gasteiger partial charge in [-0.05, 0) is 12.1 Å². The second-order valence-corrected chi connectivity index (χ2v) is 2.85. The number of hydrazine groups is 1. The van der Waals surface area contributed by atoms with Crippen molar-refractivity contribution in [3.63, 3.8) is 0 Å². The Morgan fingerprint density at radius 2 is 1.86 bits per heavy atom. The van der Waals surface area contributed by atoms with Gasteiger partial charge in [-0.1, -0.05) is 22.6 Å². The van der Waals surface area contributed by atoms with Crippen LogP contribution in [0, 0.1) is 0 Å². The molecule has 0 aliphatic rings. The van der Waals surface area contributed by atoms with Crippen molar-refractivity contribution in [1.82, 2.24) is 5.43 Å². The highest BCUT2D eigenvalue weighted by Gasteiger charge is 1.96. The molecule has 1 aromatic carbocycles. The summed E-state index contributed by atoms with van der Waals surface area (Å²) in [5, 5.41) is 0. The van der Waals surface area contributed by atoms with E-state index in [1.165, 1.54) is 0 Å². The van der Waals surface area contributed by atoms with Gasteiger partial charge in [-0.3, -0.25) is 5.43 Å². The summed E-state index contributed by atoms with van der Waals surface area (Å²) in [5.74, 6) is 0. The number of carbonyl (C=O) groups excluding carboxylic acids is 1. The molecule has 1 aromatic rings. The number of urea groups is 1. The molecule has 0 atom stereocenters. The maximum Gasteiger partial charge on any atom is 0.374 e. The van der Waals surface area contributed by atoms with Crippen LogP contribution >= 0.6 is 0 Å². The minimum atomic E-state index is -2.73. The number of hydrogen-bond acceptors (Lipinski definition) is 4. The largest absolute Gasteiger partial charge is 0.374 e. The van der Waals surface area contributed by atoms with E-state index in [1.807, 2.05) is 6.07 Å².